The first-order chi connectivity index (χ1) is 6.15. The second-order valence-corrected chi connectivity index (χ2v) is 2.95. The number of urea groups is 1. The summed E-state index contributed by atoms with van der Waals surface area (Å²) in [5.41, 5.74) is 8.21. The van der Waals surface area contributed by atoms with E-state index in [1.54, 1.807) is 0 Å². The van der Waals surface area contributed by atoms with Gasteiger partial charge in [-0.15, -0.1) is 0 Å². The zero-order chi connectivity index (χ0) is 10.3. The minimum Gasteiger partial charge on any atom is -0.350 e. The van der Waals surface area contributed by atoms with Crippen LogP contribution in [-0.2, 0) is 0 Å². The minimum absolute atomic E-state index is 0.455. The van der Waals surface area contributed by atoms with Gasteiger partial charge in [-0.05, 0) is 25.2 Å². The third kappa shape index (κ3) is 4.50. The normalized spacial score (nSPS) is 11.8. The van der Waals surface area contributed by atoms with Crippen molar-refractivity contribution in [2.75, 3.05) is 0 Å². The van der Waals surface area contributed by atoms with Gasteiger partial charge in [0, 0.05) is 5.71 Å². The fourth-order valence-electron chi connectivity index (χ4n) is 1.35. The van der Waals surface area contributed by atoms with Gasteiger partial charge in [-0.2, -0.15) is 5.10 Å². The van der Waals surface area contributed by atoms with E-state index in [2.05, 4.69) is 24.4 Å². The smallest absolute Gasteiger partial charge is 0.332 e. The van der Waals surface area contributed by atoms with Crippen molar-refractivity contribution >= 4 is 11.7 Å². The van der Waals surface area contributed by atoms with Crippen molar-refractivity contribution in [2.24, 2.45) is 16.8 Å². The molecule has 0 rings (SSSR count). The second kappa shape index (κ2) is 6.46. The summed E-state index contributed by atoms with van der Waals surface area (Å²) in [6.45, 7) is 6.26. The van der Waals surface area contributed by atoms with E-state index in [-0.39, 0.29) is 0 Å². The van der Waals surface area contributed by atoms with Gasteiger partial charge in [-0.3, -0.25) is 0 Å². The predicted molar refractivity (Wildman–Crippen MR) is 54.5 cm³/mol. The van der Waals surface area contributed by atoms with Crippen LogP contribution in [-0.4, -0.2) is 11.7 Å². The number of hydrogen-bond donors (Lipinski definition) is 2. The average Bonchev–Trinajstić information content (AvgIpc) is 2.11. The summed E-state index contributed by atoms with van der Waals surface area (Å²) in [4.78, 5) is 10.4. The molecule has 0 aliphatic carbocycles. The molecule has 0 aromatic carbocycles. The molecule has 0 bridgehead atoms. The lowest BCUT2D eigenvalue weighted by Gasteiger charge is -2.13. The van der Waals surface area contributed by atoms with Gasteiger partial charge < -0.3 is 5.73 Å². The van der Waals surface area contributed by atoms with Crippen molar-refractivity contribution in [1.82, 2.24) is 5.43 Å². The van der Waals surface area contributed by atoms with E-state index in [9.17, 15) is 4.79 Å². The maximum atomic E-state index is 10.4. The summed E-state index contributed by atoms with van der Waals surface area (Å²) in [5.74, 6) is 0.455. The maximum Gasteiger partial charge on any atom is 0.332 e. The number of nitrogens with zero attached hydrogens (tertiary/aromatic N) is 1. The Balaban J connectivity index is 4.28. The number of primary amides is 1. The van der Waals surface area contributed by atoms with Crippen molar-refractivity contribution in [1.29, 1.82) is 0 Å². The van der Waals surface area contributed by atoms with Crippen molar-refractivity contribution in [3.63, 3.8) is 0 Å². The summed E-state index contributed by atoms with van der Waals surface area (Å²) < 4.78 is 0. The molecular formula is C9H19N3O. The highest BCUT2D eigenvalue weighted by Gasteiger charge is 2.09. The third-order valence-corrected chi connectivity index (χ3v) is 2.13. The molecular weight excluding hydrogens is 166 g/mol. The zero-order valence-corrected chi connectivity index (χ0v) is 8.63. The van der Waals surface area contributed by atoms with Crippen molar-refractivity contribution < 1.29 is 4.79 Å². The largest absolute Gasteiger partial charge is 0.350 e. The average molecular weight is 185 g/mol. The molecule has 4 nitrogen and oxygen atoms in total. The van der Waals surface area contributed by atoms with Crippen LogP contribution in [0, 0.1) is 5.92 Å². The molecule has 0 radical (unpaired) electrons. The summed E-state index contributed by atoms with van der Waals surface area (Å²) in [6, 6.07) is -0.600. The van der Waals surface area contributed by atoms with E-state index in [0.717, 1.165) is 25.0 Å². The van der Waals surface area contributed by atoms with Gasteiger partial charge in [0.1, 0.15) is 0 Å². The van der Waals surface area contributed by atoms with Crippen LogP contribution in [0.15, 0.2) is 5.10 Å². The highest BCUT2D eigenvalue weighted by molar-refractivity contribution is 5.87. The Morgan fingerprint density at radius 2 is 1.92 bits per heavy atom. The predicted octanol–water partition coefficient (Wildman–Crippen LogP) is 1.86. The topological polar surface area (TPSA) is 67.5 Å². The monoisotopic (exact) mass is 185 g/mol. The number of carbonyl (C=O) groups excluding carboxylic acids is 1. The van der Waals surface area contributed by atoms with E-state index in [4.69, 9.17) is 5.73 Å². The van der Waals surface area contributed by atoms with Gasteiger partial charge in [0.2, 0.25) is 0 Å². The molecule has 0 saturated heterocycles. The van der Waals surface area contributed by atoms with Gasteiger partial charge >= 0.3 is 6.03 Å². The summed E-state index contributed by atoms with van der Waals surface area (Å²) >= 11 is 0. The molecule has 13 heavy (non-hydrogen) atoms. The first kappa shape index (κ1) is 11.9. The quantitative estimate of drug-likeness (QED) is 0.498. The highest BCUT2D eigenvalue weighted by atomic mass is 16.2. The number of carbonyl (C=O) groups is 1. The molecule has 0 heterocycles. The van der Waals surface area contributed by atoms with Crippen LogP contribution in [0.3, 0.4) is 0 Å². The fourth-order valence-corrected chi connectivity index (χ4v) is 1.35. The van der Waals surface area contributed by atoms with Crippen molar-refractivity contribution in [3.05, 3.63) is 0 Å². The van der Waals surface area contributed by atoms with Crippen LogP contribution in [0.1, 0.15) is 40.0 Å². The molecule has 0 atom stereocenters. The number of hydrazone groups is 1. The van der Waals surface area contributed by atoms with Crippen LogP contribution < -0.4 is 11.2 Å². The molecule has 0 fully saturated rings. The number of nitrogens with two attached hydrogens (primary N) is 1. The van der Waals surface area contributed by atoms with Crippen LogP contribution >= 0.6 is 0 Å². The number of rotatable bonds is 5. The lowest BCUT2D eigenvalue weighted by Crippen LogP contribution is -2.27. The minimum atomic E-state index is -0.600. The van der Waals surface area contributed by atoms with Gasteiger partial charge in [0.15, 0.2) is 0 Å². The third-order valence-electron chi connectivity index (χ3n) is 2.13. The fraction of sp³-hybridized carbons (Fsp3) is 0.778. The van der Waals surface area contributed by atoms with E-state index in [1.807, 2.05) is 6.92 Å². The Morgan fingerprint density at radius 3 is 2.23 bits per heavy atom. The Labute approximate surface area is 79.6 Å². The molecule has 3 N–H and O–H groups in total. The molecule has 0 aromatic rings. The van der Waals surface area contributed by atoms with Gasteiger partial charge in [-0.1, -0.05) is 20.8 Å². The van der Waals surface area contributed by atoms with E-state index < -0.39 is 6.03 Å². The molecule has 0 spiro atoms. The van der Waals surface area contributed by atoms with Crippen LogP contribution in [0.25, 0.3) is 0 Å². The van der Waals surface area contributed by atoms with E-state index in [1.165, 1.54) is 0 Å². The lowest BCUT2D eigenvalue weighted by atomic mass is 9.96. The van der Waals surface area contributed by atoms with E-state index in [0.29, 0.717) is 5.92 Å². The van der Waals surface area contributed by atoms with Gasteiger partial charge in [0.25, 0.3) is 0 Å². The Kier molecular flexibility index (Phi) is 5.93. The maximum absolute atomic E-state index is 10.4. The lowest BCUT2D eigenvalue weighted by molar-refractivity contribution is 0.249. The van der Waals surface area contributed by atoms with E-state index >= 15 is 0 Å². The zero-order valence-electron chi connectivity index (χ0n) is 8.63. The highest BCUT2D eigenvalue weighted by Crippen LogP contribution is 2.11. The molecule has 4 heteroatoms. The van der Waals surface area contributed by atoms with Crippen LogP contribution in [0.2, 0.25) is 0 Å². The number of hydrogen-bond acceptors (Lipinski definition) is 2. The SMILES string of the molecule is CCC(=NNC(N)=O)C(CC)CC. The molecule has 76 valence electrons. The first-order valence-corrected chi connectivity index (χ1v) is 4.77. The summed E-state index contributed by atoms with van der Waals surface area (Å²) in [6.07, 6.45) is 2.94. The van der Waals surface area contributed by atoms with Gasteiger partial charge in [0.05, 0.1) is 0 Å². The number of amides is 2. The van der Waals surface area contributed by atoms with Crippen molar-refractivity contribution in [3.8, 4) is 0 Å². The Morgan fingerprint density at radius 1 is 1.38 bits per heavy atom. The Hall–Kier alpha value is -1.06. The molecule has 0 unspecified atom stereocenters. The molecule has 0 aliphatic heterocycles. The first-order valence-electron chi connectivity index (χ1n) is 4.77. The Bertz CT molecular complexity index is 185. The van der Waals surface area contributed by atoms with Gasteiger partial charge in [-0.25, -0.2) is 10.2 Å². The molecule has 0 aromatic heterocycles. The summed E-state index contributed by atoms with van der Waals surface area (Å²) in [7, 11) is 0. The molecule has 0 saturated carbocycles. The molecule has 0 aliphatic rings. The second-order valence-electron chi connectivity index (χ2n) is 2.95. The number of nitrogens with one attached hydrogen (secondary N) is 1. The molecule has 2 amide bonds. The van der Waals surface area contributed by atoms with Crippen molar-refractivity contribution in [2.45, 2.75) is 40.0 Å². The van der Waals surface area contributed by atoms with Crippen LogP contribution in [0.4, 0.5) is 4.79 Å². The summed E-state index contributed by atoms with van der Waals surface area (Å²) in [5, 5.41) is 3.98. The standard InChI is InChI=1S/C9H19N3O/c1-4-7(5-2)8(6-3)11-12-9(10)13/h7H,4-6H2,1-3H3,(H3,10,12,13). The van der Waals surface area contributed by atoms with Crippen LogP contribution in [0.5, 0.6) is 0 Å².